The van der Waals surface area contributed by atoms with Gasteiger partial charge in [0.1, 0.15) is 11.5 Å². The second-order valence-electron chi connectivity index (χ2n) is 4.68. The first kappa shape index (κ1) is 18.3. The van der Waals surface area contributed by atoms with Crippen LogP contribution in [0.4, 0.5) is 11.4 Å². The molecule has 0 aromatic heterocycles. The van der Waals surface area contributed by atoms with Crippen LogP contribution in [0.25, 0.3) is 0 Å². The van der Waals surface area contributed by atoms with E-state index in [-0.39, 0.29) is 22.9 Å². The molecule has 0 aliphatic carbocycles. The lowest BCUT2D eigenvalue weighted by molar-refractivity contribution is -0.385. The van der Waals surface area contributed by atoms with E-state index in [1.165, 1.54) is 24.3 Å². The molecule has 132 valence electrons. The third-order valence-corrected chi connectivity index (χ3v) is 2.89. The SMILES string of the molecule is O=C(C=CC(=O)Oc1ccc([N+](=O)[O-])cc1)Oc1ccc([N+](=O)[O-])cc1. The first-order chi connectivity index (χ1) is 12.3. The van der Waals surface area contributed by atoms with Crippen LogP contribution in [0.15, 0.2) is 60.7 Å². The second kappa shape index (κ2) is 8.15. The number of nitro benzene ring substituents is 2. The molecule has 10 nitrogen and oxygen atoms in total. The Labute approximate surface area is 145 Å². The molecule has 2 aromatic rings. The molecule has 0 amide bonds. The van der Waals surface area contributed by atoms with Gasteiger partial charge in [-0.2, -0.15) is 0 Å². The summed E-state index contributed by atoms with van der Waals surface area (Å²) in [6.07, 6.45) is 1.63. The summed E-state index contributed by atoms with van der Waals surface area (Å²) >= 11 is 0. The van der Waals surface area contributed by atoms with Crippen LogP contribution >= 0.6 is 0 Å². The fourth-order valence-corrected chi connectivity index (χ4v) is 1.71. The molecule has 0 spiro atoms. The Bertz CT molecular complexity index is 799. The molecule has 0 radical (unpaired) electrons. The number of nitro groups is 2. The normalized spacial score (nSPS) is 10.3. The summed E-state index contributed by atoms with van der Waals surface area (Å²) in [5.41, 5.74) is -0.320. The second-order valence-corrected chi connectivity index (χ2v) is 4.68. The highest BCUT2D eigenvalue weighted by atomic mass is 16.6. The predicted molar refractivity (Wildman–Crippen MR) is 86.6 cm³/mol. The molecular weight excluding hydrogens is 348 g/mol. The van der Waals surface area contributed by atoms with E-state index in [9.17, 15) is 29.8 Å². The van der Waals surface area contributed by atoms with Gasteiger partial charge in [0, 0.05) is 36.4 Å². The Morgan fingerprint density at radius 2 is 1.00 bits per heavy atom. The van der Waals surface area contributed by atoms with Crippen LogP contribution in [0, 0.1) is 20.2 Å². The lowest BCUT2D eigenvalue weighted by atomic mass is 10.3. The molecule has 2 aromatic carbocycles. The van der Waals surface area contributed by atoms with Crippen molar-refractivity contribution in [3.05, 3.63) is 80.9 Å². The summed E-state index contributed by atoms with van der Waals surface area (Å²) in [5.74, 6) is -1.65. The molecule has 0 saturated carbocycles. The van der Waals surface area contributed by atoms with Crippen LogP contribution in [0.5, 0.6) is 11.5 Å². The first-order valence-electron chi connectivity index (χ1n) is 6.96. The standard InChI is InChI=1S/C16H10N2O8/c19-15(25-13-5-1-11(2-6-13)17(21)22)9-10-16(20)26-14-7-3-12(4-8-14)18(23)24/h1-10H. The van der Waals surface area contributed by atoms with Gasteiger partial charge in [0.05, 0.1) is 9.85 Å². The van der Waals surface area contributed by atoms with Crippen molar-refractivity contribution in [3.63, 3.8) is 0 Å². The highest BCUT2D eigenvalue weighted by Gasteiger charge is 2.09. The summed E-state index contributed by atoms with van der Waals surface area (Å²) in [6.45, 7) is 0. The minimum Gasteiger partial charge on any atom is -0.423 e. The molecule has 0 saturated heterocycles. The van der Waals surface area contributed by atoms with E-state index in [0.29, 0.717) is 0 Å². The van der Waals surface area contributed by atoms with E-state index < -0.39 is 21.8 Å². The number of hydrogen-bond acceptors (Lipinski definition) is 8. The molecule has 26 heavy (non-hydrogen) atoms. The number of carbonyl (C=O) groups is 2. The Kier molecular flexibility index (Phi) is 5.72. The molecule has 0 bridgehead atoms. The third-order valence-electron chi connectivity index (χ3n) is 2.89. The van der Waals surface area contributed by atoms with Gasteiger partial charge in [-0.05, 0) is 24.3 Å². The number of non-ortho nitro benzene ring substituents is 2. The number of nitrogens with zero attached hydrogens (tertiary/aromatic N) is 2. The van der Waals surface area contributed by atoms with Gasteiger partial charge in [0.25, 0.3) is 11.4 Å². The lowest BCUT2D eigenvalue weighted by Gasteiger charge is -2.01. The van der Waals surface area contributed by atoms with Crippen molar-refractivity contribution in [1.82, 2.24) is 0 Å². The fourth-order valence-electron chi connectivity index (χ4n) is 1.71. The summed E-state index contributed by atoms with van der Waals surface area (Å²) < 4.78 is 9.72. The van der Waals surface area contributed by atoms with Crippen molar-refractivity contribution in [2.24, 2.45) is 0 Å². The molecule has 0 aliphatic heterocycles. The van der Waals surface area contributed by atoms with E-state index in [1.807, 2.05) is 0 Å². The van der Waals surface area contributed by atoms with Gasteiger partial charge in [-0.15, -0.1) is 0 Å². The molecule has 0 aliphatic rings. The smallest absolute Gasteiger partial charge is 0.336 e. The predicted octanol–water partition coefficient (Wildman–Crippen LogP) is 2.57. The maximum absolute atomic E-state index is 11.6. The highest BCUT2D eigenvalue weighted by molar-refractivity contribution is 5.93. The van der Waals surface area contributed by atoms with Crippen molar-refractivity contribution in [2.75, 3.05) is 0 Å². The van der Waals surface area contributed by atoms with Gasteiger partial charge in [0.15, 0.2) is 0 Å². The molecular formula is C16H10N2O8. The minimum atomic E-state index is -0.889. The van der Waals surface area contributed by atoms with Gasteiger partial charge >= 0.3 is 11.9 Å². The Balaban J connectivity index is 1.89. The van der Waals surface area contributed by atoms with E-state index in [1.54, 1.807) is 0 Å². The molecule has 0 fully saturated rings. The van der Waals surface area contributed by atoms with Crippen molar-refractivity contribution in [2.45, 2.75) is 0 Å². The number of carbonyl (C=O) groups excluding carboxylic acids is 2. The van der Waals surface area contributed by atoms with Gasteiger partial charge in [0.2, 0.25) is 0 Å². The zero-order valence-electron chi connectivity index (χ0n) is 12.9. The van der Waals surface area contributed by atoms with E-state index >= 15 is 0 Å². The maximum Gasteiger partial charge on any atom is 0.336 e. The highest BCUT2D eigenvalue weighted by Crippen LogP contribution is 2.18. The van der Waals surface area contributed by atoms with Crippen LogP contribution in [-0.2, 0) is 9.59 Å². The zero-order valence-corrected chi connectivity index (χ0v) is 12.9. The van der Waals surface area contributed by atoms with Crippen LogP contribution in [0.3, 0.4) is 0 Å². The Hall–Kier alpha value is -4.08. The quantitative estimate of drug-likeness (QED) is 0.252. The monoisotopic (exact) mass is 358 g/mol. The number of ether oxygens (including phenoxy) is 2. The Morgan fingerprint density at radius 3 is 1.27 bits per heavy atom. The van der Waals surface area contributed by atoms with Gasteiger partial charge in [-0.25, -0.2) is 9.59 Å². The summed E-state index contributed by atoms with van der Waals surface area (Å²) in [4.78, 5) is 43.0. The van der Waals surface area contributed by atoms with Crippen LogP contribution in [-0.4, -0.2) is 21.8 Å². The van der Waals surface area contributed by atoms with Crippen LogP contribution in [0.1, 0.15) is 0 Å². The number of rotatable bonds is 6. The molecule has 0 atom stereocenters. The Morgan fingerprint density at radius 1 is 0.692 bits per heavy atom. The minimum absolute atomic E-state index is 0.0639. The molecule has 0 heterocycles. The number of hydrogen-bond donors (Lipinski definition) is 0. The first-order valence-corrected chi connectivity index (χ1v) is 6.96. The summed E-state index contributed by atoms with van der Waals surface area (Å²) in [5, 5.41) is 21.0. The molecule has 0 N–H and O–H groups in total. The van der Waals surface area contributed by atoms with Crippen molar-refractivity contribution < 1.29 is 28.9 Å². The van der Waals surface area contributed by atoms with Crippen LogP contribution < -0.4 is 9.47 Å². The summed E-state index contributed by atoms with van der Waals surface area (Å²) in [7, 11) is 0. The molecule has 2 rings (SSSR count). The zero-order chi connectivity index (χ0) is 19.1. The van der Waals surface area contributed by atoms with E-state index in [4.69, 9.17) is 9.47 Å². The molecule has 10 heteroatoms. The van der Waals surface area contributed by atoms with E-state index in [2.05, 4.69) is 0 Å². The van der Waals surface area contributed by atoms with E-state index in [0.717, 1.165) is 36.4 Å². The third kappa shape index (κ3) is 5.23. The number of esters is 2. The van der Waals surface area contributed by atoms with Gasteiger partial charge in [-0.3, -0.25) is 20.2 Å². The lowest BCUT2D eigenvalue weighted by Crippen LogP contribution is -2.08. The topological polar surface area (TPSA) is 139 Å². The summed E-state index contributed by atoms with van der Waals surface area (Å²) in [6, 6.07) is 9.59. The largest absolute Gasteiger partial charge is 0.423 e. The number of benzene rings is 2. The van der Waals surface area contributed by atoms with Crippen molar-refractivity contribution in [3.8, 4) is 11.5 Å². The van der Waals surface area contributed by atoms with Gasteiger partial charge < -0.3 is 9.47 Å². The molecule has 0 unspecified atom stereocenters. The van der Waals surface area contributed by atoms with Gasteiger partial charge in [-0.1, -0.05) is 0 Å². The average molecular weight is 358 g/mol. The van der Waals surface area contributed by atoms with Crippen molar-refractivity contribution >= 4 is 23.3 Å². The van der Waals surface area contributed by atoms with Crippen molar-refractivity contribution in [1.29, 1.82) is 0 Å². The van der Waals surface area contributed by atoms with Crippen LogP contribution in [0.2, 0.25) is 0 Å². The average Bonchev–Trinajstić information content (AvgIpc) is 2.61. The maximum atomic E-state index is 11.6. The fraction of sp³-hybridized carbons (Fsp3) is 0.